The molecule has 1 amide bonds. The molecule has 0 fully saturated rings. The highest BCUT2D eigenvalue weighted by Gasteiger charge is 2.33. The van der Waals surface area contributed by atoms with Crippen LogP contribution in [0.1, 0.15) is 25.8 Å². The van der Waals surface area contributed by atoms with Crippen LogP contribution in [0.25, 0.3) is 0 Å². The number of carbonyl (C=O) groups is 1. The van der Waals surface area contributed by atoms with E-state index in [4.69, 9.17) is 14.2 Å². The number of hydrogen-bond acceptors (Lipinski definition) is 5. The van der Waals surface area contributed by atoms with Crippen molar-refractivity contribution >= 4 is 6.09 Å². The lowest BCUT2D eigenvalue weighted by molar-refractivity contribution is -0.0474. The van der Waals surface area contributed by atoms with Crippen LogP contribution in [0, 0.1) is 0 Å². The van der Waals surface area contributed by atoms with Gasteiger partial charge in [-0.25, -0.2) is 4.79 Å². The monoisotopic (exact) mass is 373 g/mol. The molecule has 0 aromatic heterocycles. The summed E-state index contributed by atoms with van der Waals surface area (Å²) >= 11 is 0. The van der Waals surface area contributed by atoms with Crippen molar-refractivity contribution in [3.8, 4) is 11.5 Å². The number of methoxy groups -OCH3 is 1. The first-order valence-corrected chi connectivity index (χ1v) is 8.92. The van der Waals surface area contributed by atoms with E-state index >= 15 is 0 Å². The quantitative estimate of drug-likeness (QED) is 0.703. The maximum atomic E-state index is 11.9. The van der Waals surface area contributed by atoms with E-state index in [1.807, 2.05) is 37.3 Å². The molecule has 0 aliphatic rings. The molecule has 2 aromatic rings. The fraction of sp³-hybridized carbons (Fsp3) is 0.381. The summed E-state index contributed by atoms with van der Waals surface area (Å²) < 4.78 is 16.2. The number of ether oxygens (including phenoxy) is 3. The van der Waals surface area contributed by atoms with Gasteiger partial charge >= 0.3 is 6.09 Å². The zero-order valence-electron chi connectivity index (χ0n) is 16.0. The first kappa shape index (κ1) is 20.6. The smallest absolute Gasteiger partial charge is 0.407 e. The lowest BCUT2D eigenvalue weighted by atomic mass is 9.97. The molecule has 2 N–H and O–H groups in total. The van der Waals surface area contributed by atoms with Crippen molar-refractivity contribution in [1.29, 1.82) is 0 Å². The molecule has 0 aliphatic heterocycles. The molecule has 27 heavy (non-hydrogen) atoms. The van der Waals surface area contributed by atoms with Gasteiger partial charge < -0.3 is 24.6 Å². The predicted octanol–water partition coefficient (Wildman–Crippen LogP) is 3.53. The van der Waals surface area contributed by atoms with Gasteiger partial charge in [-0.1, -0.05) is 37.3 Å². The van der Waals surface area contributed by atoms with E-state index in [0.29, 0.717) is 12.2 Å². The van der Waals surface area contributed by atoms with Crippen LogP contribution in [0.5, 0.6) is 11.5 Å². The Morgan fingerprint density at radius 1 is 1.11 bits per heavy atom. The Labute approximate surface area is 160 Å². The molecule has 2 rings (SSSR count). The van der Waals surface area contributed by atoms with Gasteiger partial charge in [0.25, 0.3) is 0 Å². The average molecular weight is 373 g/mol. The molecule has 0 aliphatic carbocycles. The molecule has 0 unspecified atom stereocenters. The van der Waals surface area contributed by atoms with Crippen LogP contribution in [-0.4, -0.2) is 36.6 Å². The van der Waals surface area contributed by atoms with Gasteiger partial charge in [0, 0.05) is 0 Å². The molecular formula is C21H27NO5. The molecule has 6 nitrogen and oxygen atoms in total. The molecule has 2 aromatic carbocycles. The van der Waals surface area contributed by atoms with Gasteiger partial charge in [-0.15, -0.1) is 0 Å². The number of nitrogens with one attached hydrogen (secondary N) is 1. The second kappa shape index (κ2) is 9.83. The zero-order chi connectivity index (χ0) is 19.7. The number of aliphatic hydroxyl groups is 1. The number of carbonyl (C=O) groups excluding carboxylic acids is 1. The van der Waals surface area contributed by atoms with E-state index in [1.54, 1.807) is 38.3 Å². The van der Waals surface area contributed by atoms with Gasteiger partial charge in [0.2, 0.25) is 0 Å². The Kier molecular flexibility index (Phi) is 7.49. The largest absolute Gasteiger partial charge is 0.497 e. The second-order valence-electron chi connectivity index (χ2n) is 6.46. The summed E-state index contributed by atoms with van der Waals surface area (Å²) in [6.45, 7) is 3.72. The topological polar surface area (TPSA) is 77.0 Å². The van der Waals surface area contributed by atoms with Crippen LogP contribution in [0.15, 0.2) is 54.6 Å². The summed E-state index contributed by atoms with van der Waals surface area (Å²) in [4.78, 5) is 11.9. The number of hydrogen-bond donors (Lipinski definition) is 2. The zero-order valence-corrected chi connectivity index (χ0v) is 16.0. The van der Waals surface area contributed by atoms with Crippen LogP contribution in [0.3, 0.4) is 0 Å². The normalized spacial score (nSPS) is 13.9. The Morgan fingerprint density at radius 3 is 2.33 bits per heavy atom. The standard InChI is InChI=1S/C21H27NO5/c1-4-19(27-18-12-10-17(25-3)11-13-18)21(2,24)15-22-20(23)26-14-16-8-6-5-7-9-16/h5-13,19,24H,4,14-15H2,1-3H3,(H,22,23)/t19-,21-/m1/s1. The molecule has 0 spiro atoms. The van der Waals surface area contributed by atoms with Gasteiger partial charge in [0.15, 0.2) is 0 Å². The van der Waals surface area contributed by atoms with Crippen molar-refractivity contribution in [2.75, 3.05) is 13.7 Å². The van der Waals surface area contributed by atoms with E-state index in [2.05, 4.69) is 5.32 Å². The number of benzene rings is 2. The van der Waals surface area contributed by atoms with Crippen molar-refractivity contribution in [3.63, 3.8) is 0 Å². The minimum absolute atomic E-state index is 0.00921. The van der Waals surface area contributed by atoms with E-state index in [1.165, 1.54) is 0 Å². The lowest BCUT2D eigenvalue weighted by Crippen LogP contribution is -2.51. The van der Waals surface area contributed by atoms with E-state index in [9.17, 15) is 9.90 Å². The lowest BCUT2D eigenvalue weighted by Gasteiger charge is -2.32. The highest BCUT2D eigenvalue weighted by Crippen LogP contribution is 2.23. The van der Waals surface area contributed by atoms with Gasteiger partial charge in [-0.3, -0.25) is 0 Å². The SMILES string of the molecule is CC[C@@H](Oc1ccc(OC)cc1)[C@](C)(O)CNC(=O)OCc1ccccc1. The Morgan fingerprint density at radius 2 is 1.74 bits per heavy atom. The molecule has 0 saturated heterocycles. The third-order valence-corrected chi connectivity index (χ3v) is 4.21. The predicted molar refractivity (Wildman–Crippen MR) is 103 cm³/mol. The molecule has 0 bridgehead atoms. The summed E-state index contributed by atoms with van der Waals surface area (Å²) in [6, 6.07) is 16.5. The number of rotatable bonds is 9. The van der Waals surface area contributed by atoms with Crippen molar-refractivity contribution < 1.29 is 24.1 Å². The first-order valence-electron chi connectivity index (χ1n) is 8.92. The fourth-order valence-electron chi connectivity index (χ4n) is 2.61. The van der Waals surface area contributed by atoms with Crippen LogP contribution >= 0.6 is 0 Å². The fourth-order valence-corrected chi connectivity index (χ4v) is 2.61. The third kappa shape index (κ3) is 6.49. The molecule has 0 saturated carbocycles. The van der Waals surface area contributed by atoms with Gasteiger partial charge in [-0.05, 0) is 43.2 Å². The van der Waals surface area contributed by atoms with Crippen LogP contribution in [-0.2, 0) is 11.3 Å². The third-order valence-electron chi connectivity index (χ3n) is 4.21. The van der Waals surface area contributed by atoms with Crippen LogP contribution in [0.2, 0.25) is 0 Å². The second-order valence-corrected chi connectivity index (χ2v) is 6.46. The number of amides is 1. The summed E-state index contributed by atoms with van der Waals surface area (Å²) in [5.74, 6) is 1.35. The van der Waals surface area contributed by atoms with Crippen molar-refractivity contribution in [2.45, 2.75) is 38.6 Å². The minimum atomic E-state index is -1.26. The van der Waals surface area contributed by atoms with Crippen molar-refractivity contribution in [3.05, 3.63) is 60.2 Å². The Hall–Kier alpha value is -2.73. The Balaban J connectivity index is 1.85. The van der Waals surface area contributed by atoms with Crippen molar-refractivity contribution in [1.82, 2.24) is 5.32 Å². The van der Waals surface area contributed by atoms with Gasteiger partial charge in [0.1, 0.15) is 29.8 Å². The summed E-state index contributed by atoms with van der Waals surface area (Å²) in [5.41, 5.74) is -0.367. The van der Waals surface area contributed by atoms with Gasteiger partial charge in [0.05, 0.1) is 13.7 Å². The van der Waals surface area contributed by atoms with Gasteiger partial charge in [-0.2, -0.15) is 0 Å². The van der Waals surface area contributed by atoms with Crippen LogP contribution in [0.4, 0.5) is 4.79 Å². The highest BCUT2D eigenvalue weighted by atomic mass is 16.5. The summed E-state index contributed by atoms with van der Waals surface area (Å²) in [7, 11) is 1.60. The maximum Gasteiger partial charge on any atom is 0.407 e. The Bertz CT molecular complexity index is 700. The number of alkyl carbamates (subject to hydrolysis) is 1. The summed E-state index contributed by atoms with van der Waals surface area (Å²) in [5, 5.41) is 13.4. The van der Waals surface area contributed by atoms with E-state index in [0.717, 1.165) is 11.3 Å². The van der Waals surface area contributed by atoms with E-state index < -0.39 is 17.8 Å². The molecule has 2 atom stereocenters. The molecule has 0 radical (unpaired) electrons. The van der Waals surface area contributed by atoms with Crippen LogP contribution < -0.4 is 14.8 Å². The maximum absolute atomic E-state index is 11.9. The summed E-state index contributed by atoms with van der Waals surface area (Å²) in [6.07, 6.45) is -0.515. The average Bonchev–Trinajstić information content (AvgIpc) is 2.70. The molecular weight excluding hydrogens is 346 g/mol. The minimum Gasteiger partial charge on any atom is -0.497 e. The van der Waals surface area contributed by atoms with Crippen molar-refractivity contribution in [2.24, 2.45) is 0 Å². The molecule has 146 valence electrons. The molecule has 6 heteroatoms. The van der Waals surface area contributed by atoms with E-state index in [-0.39, 0.29) is 13.2 Å². The molecule has 0 heterocycles. The highest BCUT2D eigenvalue weighted by molar-refractivity contribution is 5.67. The first-order chi connectivity index (χ1) is 12.9.